The molecule has 1 aromatic heterocycles. The van der Waals surface area contributed by atoms with Crippen LogP contribution in [0.3, 0.4) is 0 Å². The average Bonchev–Trinajstić information content (AvgIpc) is 2.31. The average molecular weight is 170 g/mol. The van der Waals surface area contributed by atoms with E-state index in [0.29, 0.717) is 6.54 Å². The Bertz CT molecular complexity index is 261. The molecule has 4 nitrogen and oxygen atoms in total. The molecule has 0 saturated heterocycles. The van der Waals surface area contributed by atoms with Crippen molar-refractivity contribution in [1.82, 2.24) is 4.37 Å². The number of rotatable bonds is 2. The fourth-order valence-corrected chi connectivity index (χ4v) is 1.32. The molecular weight excluding hydrogens is 160 g/mol. The second-order valence-electron chi connectivity index (χ2n) is 2.18. The molecule has 0 atom stereocenters. The molecule has 4 N–H and O–H groups in total. The maximum absolute atomic E-state index is 5.16. The van der Waals surface area contributed by atoms with Crippen LogP contribution in [0.2, 0.25) is 0 Å². The Morgan fingerprint density at radius 3 is 2.91 bits per heavy atom. The van der Waals surface area contributed by atoms with Crippen LogP contribution in [0.15, 0.2) is 11.1 Å². The molecule has 0 bridgehead atoms. The molecule has 0 aromatic carbocycles. The summed E-state index contributed by atoms with van der Waals surface area (Å²) in [7, 11) is 0. The van der Waals surface area contributed by atoms with Crippen molar-refractivity contribution in [3.8, 4) is 0 Å². The summed E-state index contributed by atoms with van der Waals surface area (Å²) in [5, 5.41) is 0. The zero-order valence-electron chi connectivity index (χ0n) is 6.24. The van der Waals surface area contributed by atoms with Crippen LogP contribution in [-0.4, -0.2) is 10.3 Å². The summed E-state index contributed by atoms with van der Waals surface area (Å²) in [6, 6.07) is 1.97. The van der Waals surface area contributed by atoms with Crippen LogP contribution in [0, 0.1) is 6.92 Å². The van der Waals surface area contributed by atoms with Gasteiger partial charge in [0, 0.05) is 4.88 Å². The standard InChI is InChI=1S/C6H10N4S/c1-4-2-5(11-10-4)3-9-6(7)8/h2H,3H2,1H3,(H4,7,8,9). The van der Waals surface area contributed by atoms with E-state index in [0.717, 1.165) is 10.6 Å². The van der Waals surface area contributed by atoms with Gasteiger partial charge in [0.25, 0.3) is 0 Å². The lowest BCUT2D eigenvalue weighted by atomic mass is 10.4. The summed E-state index contributed by atoms with van der Waals surface area (Å²) in [5.41, 5.74) is 11.3. The van der Waals surface area contributed by atoms with Crippen molar-refractivity contribution >= 4 is 17.5 Å². The van der Waals surface area contributed by atoms with Crippen LogP contribution in [0.1, 0.15) is 10.6 Å². The number of aryl methyl sites for hydroxylation is 1. The zero-order valence-corrected chi connectivity index (χ0v) is 7.06. The smallest absolute Gasteiger partial charge is 0.186 e. The third-order valence-electron chi connectivity index (χ3n) is 1.09. The molecule has 5 heteroatoms. The van der Waals surface area contributed by atoms with Gasteiger partial charge in [-0.05, 0) is 24.5 Å². The van der Waals surface area contributed by atoms with E-state index in [2.05, 4.69) is 9.37 Å². The Labute approximate surface area is 69.1 Å². The molecule has 0 amide bonds. The summed E-state index contributed by atoms with van der Waals surface area (Å²) in [6.07, 6.45) is 0. The van der Waals surface area contributed by atoms with Crippen molar-refractivity contribution in [3.05, 3.63) is 16.6 Å². The van der Waals surface area contributed by atoms with Crippen LogP contribution in [0.25, 0.3) is 0 Å². The minimum absolute atomic E-state index is 0.121. The first-order valence-corrected chi connectivity index (χ1v) is 3.93. The van der Waals surface area contributed by atoms with Crippen molar-refractivity contribution in [2.24, 2.45) is 16.5 Å². The molecule has 0 spiro atoms. The third-order valence-corrected chi connectivity index (χ3v) is 1.95. The third kappa shape index (κ3) is 2.55. The lowest BCUT2D eigenvalue weighted by molar-refractivity contribution is 1.08. The number of hydrogen-bond donors (Lipinski definition) is 2. The van der Waals surface area contributed by atoms with Gasteiger partial charge in [0.05, 0.1) is 12.2 Å². The predicted molar refractivity (Wildman–Crippen MR) is 46.4 cm³/mol. The summed E-state index contributed by atoms with van der Waals surface area (Å²) in [6.45, 7) is 2.48. The van der Waals surface area contributed by atoms with E-state index in [1.165, 1.54) is 11.5 Å². The van der Waals surface area contributed by atoms with Crippen molar-refractivity contribution in [3.63, 3.8) is 0 Å². The highest BCUT2D eigenvalue weighted by Gasteiger charge is 1.95. The number of guanidine groups is 1. The first kappa shape index (κ1) is 8.00. The van der Waals surface area contributed by atoms with Crippen molar-refractivity contribution in [2.75, 3.05) is 0 Å². The SMILES string of the molecule is Cc1cc(CN=C(N)N)sn1. The van der Waals surface area contributed by atoms with E-state index < -0.39 is 0 Å². The number of nitrogens with two attached hydrogens (primary N) is 2. The predicted octanol–water partition coefficient (Wildman–Crippen LogP) is 0.225. The van der Waals surface area contributed by atoms with Crippen LogP contribution in [0.4, 0.5) is 0 Å². The van der Waals surface area contributed by atoms with Gasteiger partial charge in [0.2, 0.25) is 0 Å². The molecule has 0 saturated carbocycles. The number of nitrogens with zero attached hydrogens (tertiary/aromatic N) is 2. The zero-order chi connectivity index (χ0) is 8.27. The van der Waals surface area contributed by atoms with Gasteiger partial charge in [-0.2, -0.15) is 4.37 Å². The van der Waals surface area contributed by atoms with E-state index in [-0.39, 0.29) is 5.96 Å². The molecule has 1 rings (SSSR count). The summed E-state index contributed by atoms with van der Waals surface area (Å²) < 4.78 is 4.09. The van der Waals surface area contributed by atoms with Gasteiger partial charge in [-0.25, -0.2) is 4.99 Å². The molecule has 1 heterocycles. The topological polar surface area (TPSA) is 77.3 Å². The van der Waals surface area contributed by atoms with Crippen LogP contribution >= 0.6 is 11.5 Å². The van der Waals surface area contributed by atoms with Crippen molar-refractivity contribution < 1.29 is 0 Å². The number of hydrogen-bond acceptors (Lipinski definition) is 3. The molecule has 0 radical (unpaired) electrons. The number of aliphatic imine (C=N–C) groups is 1. The molecule has 0 unspecified atom stereocenters. The molecule has 11 heavy (non-hydrogen) atoms. The van der Waals surface area contributed by atoms with Crippen LogP contribution in [0.5, 0.6) is 0 Å². The van der Waals surface area contributed by atoms with Gasteiger partial charge in [0.1, 0.15) is 0 Å². The minimum atomic E-state index is 0.121. The summed E-state index contributed by atoms with van der Waals surface area (Å²) in [5.74, 6) is 0.121. The van der Waals surface area contributed by atoms with E-state index >= 15 is 0 Å². The van der Waals surface area contributed by atoms with Crippen LogP contribution < -0.4 is 11.5 Å². The van der Waals surface area contributed by atoms with E-state index in [1.807, 2.05) is 13.0 Å². The summed E-state index contributed by atoms with van der Waals surface area (Å²) >= 11 is 1.42. The number of aromatic nitrogens is 1. The molecule has 60 valence electrons. The van der Waals surface area contributed by atoms with Gasteiger partial charge in [0.15, 0.2) is 5.96 Å². The summed E-state index contributed by atoms with van der Waals surface area (Å²) in [4.78, 5) is 4.93. The van der Waals surface area contributed by atoms with E-state index in [1.54, 1.807) is 0 Å². The van der Waals surface area contributed by atoms with Crippen LogP contribution in [-0.2, 0) is 6.54 Å². The van der Waals surface area contributed by atoms with E-state index in [4.69, 9.17) is 11.5 Å². The Morgan fingerprint density at radius 2 is 2.45 bits per heavy atom. The highest BCUT2D eigenvalue weighted by molar-refractivity contribution is 7.05. The molecule has 0 aliphatic rings. The maximum atomic E-state index is 5.16. The molecule has 1 aromatic rings. The fraction of sp³-hybridized carbons (Fsp3) is 0.333. The Hall–Kier alpha value is -1.10. The molecular formula is C6H10N4S. The van der Waals surface area contributed by atoms with E-state index in [9.17, 15) is 0 Å². The Kier molecular flexibility index (Phi) is 2.43. The van der Waals surface area contributed by atoms with Gasteiger partial charge in [-0.3, -0.25) is 0 Å². The van der Waals surface area contributed by atoms with Gasteiger partial charge in [-0.1, -0.05) is 0 Å². The maximum Gasteiger partial charge on any atom is 0.186 e. The van der Waals surface area contributed by atoms with Gasteiger partial charge >= 0.3 is 0 Å². The lowest BCUT2D eigenvalue weighted by Gasteiger charge is -1.88. The minimum Gasteiger partial charge on any atom is -0.370 e. The van der Waals surface area contributed by atoms with Crippen molar-refractivity contribution in [2.45, 2.75) is 13.5 Å². The second kappa shape index (κ2) is 3.34. The Morgan fingerprint density at radius 1 is 1.73 bits per heavy atom. The monoisotopic (exact) mass is 170 g/mol. The van der Waals surface area contributed by atoms with Crippen molar-refractivity contribution in [1.29, 1.82) is 0 Å². The quantitative estimate of drug-likeness (QED) is 0.492. The highest BCUT2D eigenvalue weighted by Crippen LogP contribution is 2.09. The first-order chi connectivity index (χ1) is 5.18. The molecule has 0 aliphatic carbocycles. The molecule has 0 fully saturated rings. The second-order valence-corrected chi connectivity index (χ2v) is 3.07. The Balaban J connectivity index is 2.58. The van der Waals surface area contributed by atoms with Gasteiger partial charge in [-0.15, -0.1) is 0 Å². The lowest BCUT2D eigenvalue weighted by Crippen LogP contribution is -2.22. The normalized spacial score (nSPS) is 9.55. The fourth-order valence-electron chi connectivity index (χ4n) is 0.660. The largest absolute Gasteiger partial charge is 0.370 e. The molecule has 0 aliphatic heterocycles. The van der Waals surface area contributed by atoms with Gasteiger partial charge < -0.3 is 11.5 Å². The highest BCUT2D eigenvalue weighted by atomic mass is 32.1. The first-order valence-electron chi connectivity index (χ1n) is 3.16.